The van der Waals surface area contributed by atoms with Crippen LogP contribution in [0.2, 0.25) is 0 Å². The molecule has 0 bridgehead atoms. The van der Waals surface area contributed by atoms with Crippen molar-refractivity contribution in [2.24, 2.45) is 0 Å². The van der Waals surface area contributed by atoms with Crippen LogP contribution in [0.15, 0.2) is 64.6 Å². The van der Waals surface area contributed by atoms with Crippen molar-refractivity contribution in [2.45, 2.75) is 50.5 Å². The van der Waals surface area contributed by atoms with Crippen molar-refractivity contribution in [3.05, 3.63) is 76.6 Å². The van der Waals surface area contributed by atoms with Crippen molar-refractivity contribution >= 4 is 28.7 Å². The third-order valence-corrected chi connectivity index (χ3v) is 6.78. The van der Waals surface area contributed by atoms with Crippen molar-refractivity contribution in [1.82, 2.24) is 19.4 Å². The van der Waals surface area contributed by atoms with Crippen LogP contribution in [0.1, 0.15) is 50.4 Å². The first-order valence-electron chi connectivity index (χ1n) is 11.8. The number of hydrogen-bond donors (Lipinski definition) is 0. The molecule has 3 aromatic rings. The Bertz CT molecular complexity index is 1210. The van der Waals surface area contributed by atoms with Crippen LogP contribution in [0.4, 0.5) is 0 Å². The Morgan fingerprint density at radius 1 is 1.06 bits per heavy atom. The lowest BCUT2D eigenvalue weighted by Gasteiger charge is -2.19. The number of nitrogens with zero attached hydrogens (tertiary/aromatic N) is 4. The first-order valence-corrected chi connectivity index (χ1v) is 13.0. The molecule has 0 spiro atoms. The predicted octanol–water partition coefficient (Wildman–Crippen LogP) is 5.86. The fraction of sp³-hybridized carbons (Fsp3) is 0.370. The average molecular weight is 461 g/mol. The zero-order valence-electron chi connectivity index (χ0n) is 19.5. The number of allylic oxidation sites excluding steroid dienone is 3. The molecule has 4 rings (SSSR count). The van der Waals surface area contributed by atoms with Gasteiger partial charge in [-0.05, 0) is 68.9 Å². The summed E-state index contributed by atoms with van der Waals surface area (Å²) in [4.78, 5) is 25.8. The van der Waals surface area contributed by atoms with Gasteiger partial charge < -0.3 is 0 Å². The highest BCUT2D eigenvalue weighted by Gasteiger charge is 2.13. The van der Waals surface area contributed by atoms with E-state index in [2.05, 4.69) is 35.0 Å². The van der Waals surface area contributed by atoms with E-state index < -0.39 is 0 Å². The second kappa shape index (κ2) is 11.4. The topological polar surface area (TPSA) is 51.0 Å². The molecule has 1 aliphatic heterocycles. The number of aromatic nitrogens is 3. The van der Waals surface area contributed by atoms with E-state index in [4.69, 9.17) is 4.98 Å². The molecule has 5 nitrogen and oxygen atoms in total. The van der Waals surface area contributed by atoms with Crippen molar-refractivity contribution in [3.63, 3.8) is 0 Å². The van der Waals surface area contributed by atoms with Crippen LogP contribution < -0.4 is 5.56 Å². The van der Waals surface area contributed by atoms with Crippen LogP contribution in [0.25, 0.3) is 22.7 Å². The van der Waals surface area contributed by atoms with Crippen LogP contribution in [-0.4, -0.2) is 38.8 Å². The molecule has 1 saturated heterocycles. The van der Waals surface area contributed by atoms with Gasteiger partial charge in [0.1, 0.15) is 6.33 Å². The summed E-state index contributed by atoms with van der Waals surface area (Å²) in [5.74, 6) is 0. The molecule has 172 valence electrons. The molecule has 1 aromatic carbocycles. The summed E-state index contributed by atoms with van der Waals surface area (Å²) >= 11 is 1.43. The highest BCUT2D eigenvalue weighted by molar-refractivity contribution is 7.98. The molecule has 0 atom stereocenters. The average Bonchev–Trinajstić information content (AvgIpc) is 3.10. The van der Waals surface area contributed by atoms with Crippen molar-refractivity contribution in [3.8, 4) is 5.69 Å². The number of pyridine rings is 1. The summed E-state index contributed by atoms with van der Waals surface area (Å²) in [6, 6.07) is 10.2. The minimum atomic E-state index is -0.0540. The normalized spacial score (nSPS) is 15.6. The molecule has 0 N–H and O–H groups in total. The number of benzene rings is 1. The second-order valence-corrected chi connectivity index (χ2v) is 9.22. The summed E-state index contributed by atoms with van der Waals surface area (Å²) < 4.78 is 1.62. The maximum absolute atomic E-state index is 13.2. The van der Waals surface area contributed by atoms with Crippen LogP contribution in [0.3, 0.4) is 0 Å². The van der Waals surface area contributed by atoms with E-state index in [9.17, 15) is 4.79 Å². The van der Waals surface area contributed by atoms with Gasteiger partial charge >= 0.3 is 0 Å². The van der Waals surface area contributed by atoms with E-state index in [1.165, 1.54) is 37.4 Å². The van der Waals surface area contributed by atoms with Gasteiger partial charge in [-0.2, -0.15) is 0 Å². The summed E-state index contributed by atoms with van der Waals surface area (Å²) in [7, 11) is 0. The lowest BCUT2D eigenvalue weighted by atomic mass is 10.1. The highest BCUT2D eigenvalue weighted by atomic mass is 32.2. The Morgan fingerprint density at radius 2 is 1.88 bits per heavy atom. The third-order valence-electron chi connectivity index (χ3n) is 5.99. The molecule has 33 heavy (non-hydrogen) atoms. The van der Waals surface area contributed by atoms with Crippen molar-refractivity contribution in [2.75, 3.05) is 19.3 Å². The molecule has 0 amide bonds. The molecule has 1 fully saturated rings. The van der Waals surface area contributed by atoms with E-state index >= 15 is 0 Å². The fourth-order valence-electron chi connectivity index (χ4n) is 4.22. The second-order valence-electron chi connectivity index (χ2n) is 8.40. The van der Waals surface area contributed by atoms with E-state index in [0.717, 1.165) is 48.3 Å². The van der Waals surface area contributed by atoms with E-state index in [1.807, 2.05) is 42.7 Å². The fourth-order valence-corrected chi connectivity index (χ4v) is 4.83. The number of fused-ring (bicyclic) bond motifs is 1. The van der Waals surface area contributed by atoms with E-state index in [1.54, 1.807) is 10.9 Å². The van der Waals surface area contributed by atoms with Crippen LogP contribution in [0.5, 0.6) is 0 Å². The molecular formula is C27H32N4OS. The summed E-state index contributed by atoms with van der Waals surface area (Å²) in [6.07, 6.45) is 17.6. The molecule has 0 aliphatic carbocycles. The minimum Gasteiger partial charge on any atom is -0.298 e. The van der Waals surface area contributed by atoms with Crippen molar-refractivity contribution < 1.29 is 0 Å². The molecule has 2 aromatic heterocycles. The van der Waals surface area contributed by atoms with Crippen LogP contribution in [-0.2, 0) is 6.54 Å². The standard InChI is InChI=1S/C27H32N4OS/c1-3-4-5-8-11-25-26(33-2)27(32)31(20-28-25)23-14-15-24-21(18-23)12-13-22(29-24)19-30-16-9-6-7-10-17-30/h4-5,8,11-15,18,20H,3,6-7,9-10,16-17,19H2,1-2H3/b5-4+,11-8+. The smallest absolute Gasteiger partial charge is 0.272 e. The largest absolute Gasteiger partial charge is 0.298 e. The minimum absolute atomic E-state index is 0.0540. The molecule has 0 saturated carbocycles. The Kier molecular flexibility index (Phi) is 8.13. The maximum atomic E-state index is 13.2. The van der Waals surface area contributed by atoms with Crippen molar-refractivity contribution in [1.29, 1.82) is 0 Å². The molecule has 6 heteroatoms. The molecule has 0 radical (unpaired) electrons. The lowest BCUT2D eigenvalue weighted by molar-refractivity contribution is 0.274. The number of hydrogen-bond acceptors (Lipinski definition) is 5. The number of thioether (sulfide) groups is 1. The van der Waals surface area contributed by atoms with Gasteiger partial charge in [0.15, 0.2) is 0 Å². The highest BCUT2D eigenvalue weighted by Crippen LogP contribution is 2.21. The number of rotatable bonds is 7. The van der Waals surface area contributed by atoms with Gasteiger partial charge in [-0.25, -0.2) is 4.98 Å². The monoisotopic (exact) mass is 460 g/mol. The summed E-state index contributed by atoms with van der Waals surface area (Å²) in [5.41, 5.74) is 3.51. The molecular weight excluding hydrogens is 428 g/mol. The van der Waals surface area contributed by atoms with Crippen LogP contribution in [0, 0.1) is 0 Å². The number of likely N-dealkylation sites (tertiary alicyclic amines) is 1. The Morgan fingerprint density at radius 3 is 2.64 bits per heavy atom. The Labute approximate surface area is 200 Å². The zero-order valence-corrected chi connectivity index (χ0v) is 20.4. The van der Waals surface area contributed by atoms with E-state index in [-0.39, 0.29) is 5.56 Å². The quantitative estimate of drug-likeness (QED) is 0.327. The summed E-state index contributed by atoms with van der Waals surface area (Å²) in [5, 5.41) is 1.03. The SMILES string of the molecule is CC/C=C/C=C/c1ncn(-c2ccc3nc(CN4CCCCCC4)ccc3c2)c(=O)c1SC. The lowest BCUT2D eigenvalue weighted by Crippen LogP contribution is -2.24. The summed E-state index contributed by atoms with van der Waals surface area (Å²) in [6.45, 7) is 5.31. The Balaban J connectivity index is 1.59. The van der Waals surface area contributed by atoms with Gasteiger partial charge in [0.05, 0.1) is 27.5 Å². The zero-order chi connectivity index (χ0) is 23.0. The molecule has 0 unspecified atom stereocenters. The van der Waals surface area contributed by atoms with Gasteiger partial charge in [-0.1, -0.05) is 44.1 Å². The predicted molar refractivity (Wildman–Crippen MR) is 139 cm³/mol. The maximum Gasteiger partial charge on any atom is 0.272 e. The molecule has 3 heterocycles. The van der Waals surface area contributed by atoms with Gasteiger partial charge in [0, 0.05) is 11.9 Å². The third kappa shape index (κ3) is 5.81. The first kappa shape index (κ1) is 23.5. The molecule has 1 aliphatic rings. The van der Waals surface area contributed by atoms with Gasteiger partial charge in [0.25, 0.3) is 5.56 Å². The van der Waals surface area contributed by atoms with E-state index in [0.29, 0.717) is 10.6 Å². The van der Waals surface area contributed by atoms with Gasteiger partial charge in [0.2, 0.25) is 0 Å². The van der Waals surface area contributed by atoms with Gasteiger partial charge in [-0.3, -0.25) is 19.2 Å². The van der Waals surface area contributed by atoms with Crippen LogP contribution >= 0.6 is 11.8 Å². The van der Waals surface area contributed by atoms with Gasteiger partial charge in [-0.15, -0.1) is 11.8 Å². The first-order chi connectivity index (χ1) is 16.2. The Hall–Kier alpha value is -2.70.